The minimum Gasteiger partial charge on any atom is -0.496 e. The van der Waals surface area contributed by atoms with E-state index in [9.17, 15) is 9.59 Å². The summed E-state index contributed by atoms with van der Waals surface area (Å²) in [5, 5.41) is 3.11. The van der Waals surface area contributed by atoms with Gasteiger partial charge in [-0.3, -0.25) is 4.79 Å². The number of amides is 1. The smallest absolute Gasteiger partial charge is 0.333 e. The lowest BCUT2D eigenvalue weighted by molar-refractivity contribution is -0.145. The minimum absolute atomic E-state index is 0.194. The molecule has 0 aliphatic carbocycles. The number of nitrogens with one attached hydrogen (secondary N) is 1. The first-order valence-electron chi connectivity index (χ1n) is 7.42. The van der Waals surface area contributed by atoms with Gasteiger partial charge in [-0.2, -0.15) is 0 Å². The van der Waals surface area contributed by atoms with Crippen molar-refractivity contribution in [3.63, 3.8) is 0 Å². The number of carbonyl (C=O) groups excluding carboxylic acids is 2. The molecule has 2 aromatic rings. The Morgan fingerprint density at radius 1 is 1.17 bits per heavy atom. The molecule has 0 aliphatic rings. The molecular weight excluding hydrogens is 330 g/mol. The Kier molecular flexibility index (Phi) is 6.21. The van der Waals surface area contributed by atoms with Crippen molar-refractivity contribution in [1.29, 1.82) is 0 Å². The van der Waals surface area contributed by atoms with Crippen molar-refractivity contribution in [3.8, 4) is 5.75 Å². The van der Waals surface area contributed by atoms with Gasteiger partial charge in [0.15, 0.2) is 6.04 Å². The fourth-order valence-electron chi connectivity index (χ4n) is 2.22. The highest BCUT2D eigenvalue weighted by Gasteiger charge is 2.27. The fraction of sp³-hybridized carbons (Fsp3) is 0.222. The third kappa shape index (κ3) is 4.26. The van der Waals surface area contributed by atoms with Crippen LogP contribution in [0.5, 0.6) is 5.75 Å². The molecule has 1 atom stereocenters. The first-order chi connectivity index (χ1) is 11.6. The second kappa shape index (κ2) is 8.36. The number of carbonyl (C=O) groups is 2. The van der Waals surface area contributed by atoms with Crippen LogP contribution in [0.1, 0.15) is 28.9 Å². The van der Waals surface area contributed by atoms with Gasteiger partial charge in [-0.15, -0.1) is 0 Å². The molecule has 0 saturated heterocycles. The largest absolute Gasteiger partial charge is 0.496 e. The maximum Gasteiger partial charge on any atom is 0.333 e. The van der Waals surface area contributed by atoms with Crippen molar-refractivity contribution >= 4 is 23.5 Å². The van der Waals surface area contributed by atoms with Gasteiger partial charge in [0.05, 0.1) is 13.7 Å². The van der Waals surface area contributed by atoms with E-state index in [4.69, 9.17) is 21.1 Å². The number of esters is 1. The Balaban J connectivity index is 2.37. The maximum atomic E-state index is 12.4. The number of ether oxygens (including phenoxy) is 2. The maximum absolute atomic E-state index is 12.4. The molecule has 2 aromatic carbocycles. The van der Waals surface area contributed by atoms with Crippen LogP contribution in [-0.4, -0.2) is 25.6 Å². The third-order valence-corrected chi connectivity index (χ3v) is 3.57. The summed E-state index contributed by atoms with van der Waals surface area (Å²) in [6.45, 7) is 1.89. The van der Waals surface area contributed by atoms with E-state index in [1.165, 1.54) is 7.11 Å². The number of hydrogen-bond donors (Lipinski definition) is 1. The quantitative estimate of drug-likeness (QED) is 0.813. The van der Waals surface area contributed by atoms with Crippen LogP contribution in [-0.2, 0) is 9.53 Å². The van der Waals surface area contributed by atoms with E-state index in [1.807, 2.05) is 0 Å². The zero-order valence-corrected chi connectivity index (χ0v) is 14.2. The van der Waals surface area contributed by atoms with E-state index < -0.39 is 17.9 Å². The normalized spacial score (nSPS) is 11.5. The Morgan fingerprint density at radius 3 is 2.50 bits per heavy atom. The summed E-state index contributed by atoms with van der Waals surface area (Å²) in [6, 6.07) is 12.4. The first kappa shape index (κ1) is 17.8. The number of rotatable bonds is 6. The van der Waals surface area contributed by atoms with E-state index in [0.717, 1.165) is 0 Å². The van der Waals surface area contributed by atoms with Crippen molar-refractivity contribution in [3.05, 3.63) is 64.7 Å². The zero-order valence-electron chi connectivity index (χ0n) is 13.4. The molecule has 0 saturated carbocycles. The average Bonchev–Trinajstić information content (AvgIpc) is 2.60. The van der Waals surface area contributed by atoms with Gasteiger partial charge in [0.25, 0.3) is 5.91 Å². The van der Waals surface area contributed by atoms with Gasteiger partial charge in [0, 0.05) is 16.1 Å². The van der Waals surface area contributed by atoms with Crippen LogP contribution < -0.4 is 10.1 Å². The molecule has 6 heteroatoms. The van der Waals surface area contributed by atoms with Crippen LogP contribution in [0, 0.1) is 0 Å². The summed E-state index contributed by atoms with van der Waals surface area (Å²) in [5.41, 5.74) is 0.875. The molecule has 5 nitrogen and oxygen atoms in total. The van der Waals surface area contributed by atoms with Crippen molar-refractivity contribution in [2.24, 2.45) is 0 Å². The molecule has 2 rings (SSSR count). The van der Waals surface area contributed by atoms with Gasteiger partial charge >= 0.3 is 5.97 Å². The van der Waals surface area contributed by atoms with Crippen LogP contribution in [0.4, 0.5) is 0 Å². The van der Waals surface area contributed by atoms with Crippen molar-refractivity contribution in [2.75, 3.05) is 13.7 Å². The Bertz CT molecular complexity index is 718. The monoisotopic (exact) mass is 347 g/mol. The minimum atomic E-state index is -1.02. The Morgan fingerprint density at radius 2 is 1.88 bits per heavy atom. The van der Waals surface area contributed by atoms with Crippen molar-refractivity contribution in [2.45, 2.75) is 13.0 Å². The molecule has 0 spiro atoms. The highest BCUT2D eigenvalue weighted by molar-refractivity contribution is 6.30. The van der Waals surface area contributed by atoms with Gasteiger partial charge in [0.1, 0.15) is 5.75 Å². The molecule has 1 amide bonds. The molecule has 0 bridgehead atoms. The molecule has 0 aliphatic heterocycles. The molecule has 126 valence electrons. The van der Waals surface area contributed by atoms with E-state index in [2.05, 4.69) is 5.32 Å². The van der Waals surface area contributed by atoms with Gasteiger partial charge in [-0.1, -0.05) is 29.8 Å². The summed E-state index contributed by atoms with van der Waals surface area (Å²) in [4.78, 5) is 24.8. The van der Waals surface area contributed by atoms with E-state index in [0.29, 0.717) is 21.9 Å². The predicted molar refractivity (Wildman–Crippen MR) is 91.3 cm³/mol. The number of halogens is 1. The van der Waals surface area contributed by atoms with Gasteiger partial charge < -0.3 is 14.8 Å². The van der Waals surface area contributed by atoms with E-state index >= 15 is 0 Å². The summed E-state index contributed by atoms with van der Waals surface area (Å²) in [5.74, 6) is -0.538. The predicted octanol–water partition coefficient (Wildman–Crippen LogP) is 3.38. The van der Waals surface area contributed by atoms with Crippen LogP contribution in [0.15, 0.2) is 48.5 Å². The number of benzene rings is 2. The molecule has 1 N–H and O–H groups in total. The molecule has 0 heterocycles. The second-order valence-electron chi connectivity index (χ2n) is 4.91. The second-order valence-corrected chi connectivity index (χ2v) is 5.35. The molecule has 0 fully saturated rings. The van der Waals surface area contributed by atoms with Crippen LogP contribution in [0.25, 0.3) is 0 Å². The van der Waals surface area contributed by atoms with Crippen molar-refractivity contribution < 1.29 is 19.1 Å². The summed E-state index contributed by atoms with van der Waals surface area (Å²) in [6.07, 6.45) is 0. The number of methoxy groups -OCH3 is 1. The van der Waals surface area contributed by atoms with E-state index in [1.54, 1.807) is 55.5 Å². The molecule has 24 heavy (non-hydrogen) atoms. The first-order valence-corrected chi connectivity index (χ1v) is 7.80. The summed E-state index contributed by atoms with van der Waals surface area (Å²) in [7, 11) is 1.48. The standard InChI is InChI=1S/C18H18ClNO4/c1-3-24-18(22)16(14-11-13(19)9-10-15(14)23-2)20-17(21)12-7-5-4-6-8-12/h4-11,16H,3H2,1-2H3,(H,20,21). The van der Waals surface area contributed by atoms with Crippen LogP contribution in [0.2, 0.25) is 5.02 Å². The average molecular weight is 348 g/mol. The summed E-state index contributed by atoms with van der Waals surface area (Å²) < 4.78 is 10.4. The highest BCUT2D eigenvalue weighted by atomic mass is 35.5. The Hall–Kier alpha value is -2.53. The molecule has 1 unspecified atom stereocenters. The fourth-order valence-corrected chi connectivity index (χ4v) is 2.40. The zero-order chi connectivity index (χ0) is 17.5. The van der Waals surface area contributed by atoms with E-state index in [-0.39, 0.29) is 6.61 Å². The molecule has 0 radical (unpaired) electrons. The lowest BCUT2D eigenvalue weighted by Crippen LogP contribution is -2.35. The van der Waals surface area contributed by atoms with Crippen molar-refractivity contribution in [1.82, 2.24) is 5.32 Å². The van der Waals surface area contributed by atoms with Crippen LogP contribution in [0.3, 0.4) is 0 Å². The number of hydrogen-bond acceptors (Lipinski definition) is 4. The van der Waals surface area contributed by atoms with Crippen LogP contribution >= 0.6 is 11.6 Å². The SMILES string of the molecule is CCOC(=O)C(NC(=O)c1ccccc1)c1cc(Cl)ccc1OC. The van der Waals surface area contributed by atoms with Gasteiger partial charge in [-0.05, 0) is 37.3 Å². The lowest BCUT2D eigenvalue weighted by Gasteiger charge is -2.20. The molecule has 0 aromatic heterocycles. The van der Waals surface area contributed by atoms with Gasteiger partial charge in [-0.25, -0.2) is 4.79 Å². The summed E-state index contributed by atoms with van der Waals surface area (Å²) >= 11 is 6.03. The Labute approximate surface area is 145 Å². The highest BCUT2D eigenvalue weighted by Crippen LogP contribution is 2.29. The topological polar surface area (TPSA) is 64.6 Å². The molecular formula is C18H18ClNO4. The van der Waals surface area contributed by atoms with Gasteiger partial charge in [0.2, 0.25) is 0 Å². The third-order valence-electron chi connectivity index (χ3n) is 3.34. The lowest BCUT2D eigenvalue weighted by atomic mass is 10.0.